The topological polar surface area (TPSA) is 159 Å². The van der Waals surface area contributed by atoms with Gasteiger partial charge in [0.05, 0.1) is 16.3 Å². The molecule has 0 fully saturated rings. The van der Waals surface area contributed by atoms with Crippen LogP contribution in [0.25, 0.3) is 0 Å². The van der Waals surface area contributed by atoms with Gasteiger partial charge in [-0.25, -0.2) is 9.59 Å². The van der Waals surface area contributed by atoms with Crippen LogP contribution < -0.4 is 16.0 Å². The molecule has 228 valence electrons. The molecule has 0 aliphatic heterocycles. The van der Waals surface area contributed by atoms with Crippen LogP contribution in [0.5, 0.6) is 0 Å². The van der Waals surface area contributed by atoms with Gasteiger partial charge in [0.2, 0.25) is 0 Å². The number of pyridine rings is 1. The predicted octanol–water partition coefficient (Wildman–Crippen LogP) is 5.57. The summed E-state index contributed by atoms with van der Waals surface area (Å²) in [5.74, 6) is -0.490. The largest absolute Gasteiger partial charge is 0.444 e. The number of rotatable bonds is 11. The number of benzene rings is 2. The molecule has 1 aromatic heterocycles. The number of para-hydroxylation sites is 2. The van der Waals surface area contributed by atoms with Crippen molar-refractivity contribution in [2.24, 2.45) is 0 Å². The van der Waals surface area contributed by atoms with E-state index in [-0.39, 0.29) is 17.9 Å². The lowest BCUT2D eigenvalue weighted by molar-refractivity contribution is -0.384. The minimum absolute atomic E-state index is 0.127. The molecular formula is C30H37N7O6. The number of ether oxygens (including phenoxy) is 1. The molecule has 13 nitrogen and oxygen atoms in total. The monoisotopic (exact) mass is 591 g/mol. The maximum Gasteiger partial charge on any atom is 0.412 e. The van der Waals surface area contributed by atoms with E-state index in [2.05, 4.69) is 20.9 Å². The van der Waals surface area contributed by atoms with Crippen molar-refractivity contribution >= 4 is 40.8 Å². The number of carbonyl (C=O) groups excluding carboxylic acids is 3. The Morgan fingerprint density at radius 2 is 1.63 bits per heavy atom. The molecule has 43 heavy (non-hydrogen) atoms. The first-order valence-corrected chi connectivity index (χ1v) is 13.6. The van der Waals surface area contributed by atoms with Crippen LogP contribution in [0.3, 0.4) is 0 Å². The van der Waals surface area contributed by atoms with Gasteiger partial charge in [0.15, 0.2) is 0 Å². The van der Waals surface area contributed by atoms with Crippen LogP contribution in [0.15, 0.2) is 66.9 Å². The van der Waals surface area contributed by atoms with E-state index in [9.17, 15) is 24.5 Å². The van der Waals surface area contributed by atoms with Gasteiger partial charge in [-0.1, -0.05) is 24.3 Å². The van der Waals surface area contributed by atoms with Crippen LogP contribution in [0.2, 0.25) is 0 Å². The molecule has 0 bridgehead atoms. The number of urea groups is 1. The molecule has 3 N–H and O–H groups in total. The molecule has 4 amide bonds. The Bertz CT molecular complexity index is 1440. The molecule has 0 atom stereocenters. The average Bonchev–Trinajstić information content (AvgIpc) is 2.92. The van der Waals surface area contributed by atoms with Gasteiger partial charge < -0.3 is 25.2 Å². The zero-order valence-corrected chi connectivity index (χ0v) is 24.9. The zero-order valence-electron chi connectivity index (χ0n) is 24.9. The molecular weight excluding hydrogens is 554 g/mol. The van der Waals surface area contributed by atoms with Gasteiger partial charge in [-0.3, -0.25) is 25.2 Å². The lowest BCUT2D eigenvalue weighted by Crippen LogP contribution is -2.36. The predicted molar refractivity (Wildman–Crippen MR) is 164 cm³/mol. The summed E-state index contributed by atoms with van der Waals surface area (Å²) in [5.41, 5.74) is 1.05. The normalized spacial score (nSPS) is 11.0. The number of nitro benzene ring substituents is 1. The quantitative estimate of drug-likeness (QED) is 0.193. The zero-order chi connectivity index (χ0) is 31.6. The SMILES string of the molecule is CN(C)CCCN(Cc1ccc(C(=O)Nc2ccccc2NC(=O)OC(C)(C)C)nc1)C(=O)Nc1cccc([N+](=O)[O-])c1. The van der Waals surface area contributed by atoms with E-state index in [1.807, 2.05) is 19.0 Å². The van der Waals surface area contributed by atoms with Crippen molar-refractivity contribution in [2.75, 3.05) is 43.1 Å². The van der Waals surface area contributed by atoms with Gasteiger partial charge in [-0.05, 0) is 77.7 Å². The van der Waals surface area contributed by atoms with E-state index < -0.39 is 28.6 Å². The number of carbonyl (C=O) groups is 3. The summed E-state index contributed by atoms with van der Waals surface area (Å²) in [6.07, 6.45) is 1.56. The second-order valence-corrected chi connectivity index (χ2v) is 11.0. The number of non-ortho nitro benzene ring substituents is 1. The molecule has 0 spiro atoms. The van der Waals surface area contributed by atoms with Gasteiger partial charge in [0.25, 0.3) is 11.6 Å². The summed E-state index contributed by atoms with van der Waals surface area (Å²) in [6, 6.07) is 15.3. The summed E-state index contributed by atoms with van der Waals surface area (Å²) in [5, 5.41) is 19.2. The second kappa shape index (κ2) is 14.7. The summed E-state index contributed by atoms with van der Waals surface area (Å²) in [6.45, 7) is 6.63. The van der Waals surface area contributed by atoms with Crippen LogP contribution in [-0.4, -0.2) is 70.5 Å². The lowest BCUT2D eigenvalue weighted by atomic mass is 10.2. The first kappa shape index (κ1) is 32.5. The van der Waals surface area contributed by atoms with Gasteiger partial charge >= 0.3 is 12.1 Å². The van der Waals surface area contributed by atoms with E-state index in [1.165, 1.54) is 24.4 Å². The highest BCUT2D eigenvalue weighted by molar-refractivity contribution is 6.05. The van der Waals surface area contributed by atoms with Gasteiger partial charge in [0.1, 0.15) is 11.3 Å². The third-order valence-corrected chi connectivity index (χ3v) is 5.87. The van der Waals surface area contributed by atoms with E-state index in [1.54, 1.807) is 68.1 Å². The van der Waals surface area contributed by atoms with Gasteiger partial charge in [0, 0.05) is 37.1 Å². The van der Waals surface area contributed by atoms with Crippen LogP contribution in [-0.2, 0) is 11.3 Å². The van der Waals surface area contributed by atoms with Crippen LogP contribution in [0.1, 0.15) is 43.2 Å². The minimum atomic E-state index is -0.682. The minimum Gasteiger partial charge on any atom is -0.444 e. The number of hydrogen-bond donors (Lipinski definition) is 3. The third-order valence-electron chi connectivity index (χ3n) is 5.87. The Balaban J connectivity index is 1.69. The maximum atomic E-state index is 13.1. The van der Waals surface area contributed by atoms with E-state index in [0.29, 0.717) is 35.6 Å². The number of nitrogens with zero attached hydrogens (tertiary/aromatic N) is 4. The Morgan fingerprint density at radius 1 is 0.930 bits per heavy atom. The van der Waals surface area contributed by atoms with Crippen molar-refractivity contribution in [2.45, 2.75) is 39.3 Å². The van der Waals surface area contributed by atoms with Crippen molar-refractivity contribution in [1.29, 1.82) is 0 Å². The third kappa shape index (κ3) is 10.7. The fourth-order valence-corrected chi connectivity index (χ4v) is 3.90. The highest BCUT2D eigenvalue weighted by atomic mass is 16.6. The van der Waals surface area contributed by atoms with Crippen LogP contribution >= 0.6 is 0 Å². The van der Waals surface area contributed by atoms with E-state index in [0.717, 1.165) is 6.54 Å². The molecule has 0 unspecified atom stereocenters. The molecule has 0 aliphatic rings. The van der Waals surface area contributed by atoms with Crippen molar-refractivity contribution in [3.63, 3.8) is 0 Å². The Hall–Kier alpha value is -5.04. The molecule has 0 radical (unpaired) electrons. The molecule has 2 aromatic carbocycles. The van der Waals surface area contributed by atoms with E-state index >= 15 is 0 Å². The molecule has 3 rings (SSSR count). The van der Waals surface area contributed by atoms with Crippen molar-refractivity contribution in [3.05, 3.63) is 88.2 Å². The fourth-order valence-electron chi connectivity index (χ4n) is 3.90. The first-order valence-electron chi connectivity index (χ1n) is 13.6. The maximum absolute atomic E-state index is 13.1. The number of nitro groups is 1. The molecule has 0 saturated heterocycles. The summed E-state index contributed by atoms with van der Waals surface area (Å²) in [7, 11) is 3.88. The summed E-state index contributed by atoms with van der Waals surface area (Å²) < 4.78 is 5.29. The Labute approximate surface area is 250 Å². The van der Waals surface area contributed by atoms with Crippen LogP contribution in [0.4, 0.5) is 32.3 Å². The average molecular weight is 592 g/mol. The second-order valence-electron chi connectivity index (χ2n) is 11.0. The molecule has 0 aliphatic carbocycles. The lowest BCUT2D eigenvalue weighted by Gasteiger charge is -2.24. The number of hydrogen-bond acceptors (Lipinski definition) is 8. The molecule has 13 heteroatoms. The summed E-state index contributed by atoms with van der Waals surface area (Å²) in [4.78, 5) is 56.8. The molecule has 3 aromatic rings. The Kier molecular flexibility index (Phi) is 11.1. The van der Waals surface area contributed by atoms with Gasteiger partial charge in [-0.2, -0.15) is 0 Å². The first-order chi connectivity index (χ1) is 20.3. The number of nitrogens with one attached hydrogen (secondary N) is 3. The molecule has 1 heterocycles. The summed E-state index contributed by atoms with van der Waals surface area (Å²) >= 11 is 0. The van der Waals surface area contributed by atoms with Crippen molar-refractivity contribution < 1.29 is 24.0 Å². The van der Waals surface area contributed by atoms with Crippen molar-refractivity contribution in [3.8, 4) is 0 Å². The smallest absolute Gasteiger partial charge is 0.412 e. The Morgan fingerprint density at radius 3 is 2.23 bits per heavy atom. The van der Waals surface area contributed by atoms with E-state index in [4.69, 9.17) is 4.74 Å². The highest BCUT2D eigenvalue weighted by Crippen LogP contribution is 2.23. The standard InChI is InChI=1S/C30H37N7O6/c1-30(2,3)43-29(40)34-25-13-7-6-12-24(25)33-27(38)26-15-14-21(19-31-26)20-36(17-9-16-35(4)5)28(39)32-22-10-8-11-23(18-22)37(41)42/h6-8,10-15,18-19H,9,16-17,20H2,1-5H3,(H,32,39)(H,33,38)(H,34,40). The fraction of sp³-hybridized carbons (Fsp3) is 0.333. The highest BCUT2D eigenvalue weighted by Gasteiger charge is 2.19. The number of anilines is 3. The van der Waals surface area contributed by atoms with Crippen molar-refractivity contribution in [1.82, 2.24) is 14.8 Å². The number of amides is 4. The number of aromatic nitrogens is 1. The van der Waals surface area contributed by atoms with Crippen LogP contribution in [0, 0.1) is 10.1 Å². The van der Waals surface area contributed by atoms with Gasteiger partial charge in [-0.15, -0.1) is 0 Å². The molecule has 0 saturated carbocycles.